The van der Waals surface area contributed by atoms with Crippen LogP contribution in [0.4, 0.5) is 0 Å². The van der Waals surface area contributed by atoms with E-state index in [4.69, 9.17) is 0 Å². The van der Waals surface area contributed by atoms with Gasteiger partial charge in [-0.05, 0) is 42.5 Å². The molecular weight excluding hydrogens is 244 g/mol. The Morgan fingerprint density at radius 1 is 1.15 bits per heavy atom. The number of pyridine rings is 1. The zero-order chi connectivity index (χ0) is 13.8. The molecule has 104 valence electrons. The van der Waals surface area contributed by atoms with E-state index >= 15 is 0 Å². The summed E-state index contributed by atoms with van der Waals surface area (Å²) in [6.07, 6.45) is 6.34. The highest BCUT2D eigenvalue weighted by atomic mass is 14.9. The van der Waals surface area contributed by atoms with Crippen LogP contribution in [0.3, 0.4) is 0 Å². The summed E-state index contributed by atoms with van der Waals surface area (Å²) in [5, 5.41) is 3.53. The fourth-order valence-corrected chi connectivity index (χ4v) is 3.37. The van der Waals surface area contributed by atoms with Gasteiger partial charge in [-0.3, -0.25) is 4.98 Å². The van der Waals surface area contributed by atoms with Crippen molar-refractivity contribution in [2.24, 2.45) is 0 Å². The van der Waals surface area contributed by atoms with Crippen molar-refractivity contribution >= 4 is 0 Å². The van der Waals surface area contributed by atoms with Gasteiger partial charge < -0.3 is 5.32 Å². The first-order chi connectivity index (χ1) is 9.84. The minimum Gasteiger partial charge on any atom is -0.316 e. The molecule has 0 bridgehead atoms. The van der Waals surface area contributed by atoms with Crippen molar-refractivity contribution in [1.29, 1.82) is 0 Å². The van der Waals surface area contributed by atoms with Gasteiger partial charge in [0.05, 0.1) is 0 Å². The zero-order valence-corrected chi connectivity index (χ0v) is 12.0. The second kappa shape index (κ2) is 5.76. The molecule has 1 aliphatic carbocycles. The summed E-state index contributed by atoms with van der Waals surface area (Å²) < 4.78 is 0. The Kier molecular flexibility index (Phi) is 3.83. The van der Waals surface area contributed by atoms with Crippen molar-refractivity contribution in [2.75, 3.05) is 13.1 Å². The number of benzene rings is 1. The van der Waals surface area contributed by atoms with Gasteiger partial charge >= 0.3 is 0 Å². The van der Waals surface area contributed by atoms with Gasteiger partial charge in [0.2, 0.25) is 0 Å². The van der Waals surface area contributed by atoms with Gasteiger partial charge in [0.15, 0.2) is 0 Å². The summed E-state index contributed by atoms with van der Waals surface area (Å²) in [6, 6.07) is 15.2. The standard InChI is InChI=1S/C18H22N2/c1-2-19-14-18(17-9-6-10-20-13-17)11-16(12-18)15-7-4-3-5-8-15/h3-10,13,16,19H,2,11-12,14H2,1H3. The fraction of sp³-hybridized carbons (Fsp3) is 0.389. The predicted molar refractivity (Wildman–Crippen MR) is 82.9 cm³/mol. The maximum atomic E-state index is 4.31. The van der Waals surface area contributed by atoms with Crippen molar-refractivity contribution < 1.29 is 0 Å². The molecule has 2 nitrogen and oxygen atoms in total. The van der Waals surface area contributed by atoms with Crippen LogP contribution in [-0.4, -0.2) is 18.1 Å². The molecule has 0 unspecified atom stereocenters. The van der Waals surface area contributed by atoms with E-state index in [1.165, 1.54) is 24.0 Å². The molecular formula is C18H22N2. The molecule has 0 aliphatic heterocycles. The highest BCUT2D eigenvalue weighted by Gasteiger charge is 2.45. The van der Waals surface area contributed by atoms with Crippen LogP contribution in [0.5, 0.6) is 0 Å². The lowest BCUT2D eigenvalue weighted by Gasteiger charge is -2.48. The van der Waals surface area contributed by atoms with E-state index in [1.807, 2.05) is 12.4 Å². The zero-order valence-electron chi connectivity index (χ0n) is 12.0. The molecule has 0 atom stereocenters. The Morgan fingerprint density at radius 3 is 2.60 bits per heavy atom. The third-order valence-corrected chi connectivity index (χ3v) is 4.53. The van der Waals surface area contributed by atoms with Crippen molar-refractivity contribution in [3.63, 3.8) is 0 Å². The number of rotatable bonds is 5. The number of hydrogen-bond donors (Lipinski definition) is 1. The van der Waals surface area contributed by atoms with Gasteiger partial charge in [0.25, 0.3) is 0 Å². The molecule has 1 aromatic carbocycles. The van der Waals surface area contributed by atoms with Crippen LogP contribution in [0.1, 0.15) is 36.8 Å². The van der Waals surface area contributed by atoms with Crippen molar-refractivity contribution in [3.8, 4) is 0 Å². The van der Waals surface area contributed by atoms with Gasteiger partial charge in [-0.2, -0.15) is 0 Å². The van der Waals surface area contributed by atoms with Gasteiger partial charge in [0, 0.05) is 24.4 Å². The van der Waals surface area contributed by atoms with E-state index in [1.54, 1.807) is 0 Å². The molecule has 1 aromatic heterocycles. The Labute approximate surface area is 121 Å². The molecule has 20 heavy (non-hydrogen) atoms. The van der Waals surface area contributed by atoms with Gasteiger partial charge in [0.1, 0.15) is 0 Å². The van der Waals surface area contributed by atoms with Crippen LogP contribution in [0.15, 0.2) is 54.9 Å². The Bertz CT molecular complexity index is 530. The number of nitrogens with one attached hydrogen (secondary N) is 1. The predicted octanol–water partition coefficient (Wildman–Crippen LogP) is 3.51. The molecule has 2 aromatic rings. The summed E-state index contributed by atoms with van der Waals surface area (Å²) in [5.74, 6) is 0.690. The van der Waals surface area contributed by atoms with Crippen LogP contribution in [0.25, 0.3) is 0 Å². The number of nitrogens with zero attached hydrogens (tertiary/aromatic N) is 1. The van der Waals surface area contributed by atoms with E-state index in [-0.39, 0.29) is 5.41 Å². The third kappa shape index (κ3) is 2.48. The lowest BCUT2D eigenvalue weighted by atomic mass is 9.57. The van der Waals surface area contributed by atoms with E-state index in [0.717, 1.165) is 13.1 Å². The summed E-state index contributed by atoms with van der Waals surface area (Å²) in [4.78, 5) is 4.31. The maximum absolute atomic E-state index is 4.31. The van der Waals surface area contributed by atoms with Crippen molar-refractivity contribution in [1.82, 2.24) is 10.3 Å². The summed E-state index contributed by atoms with van der Waals surface area (Å²) >= 11 is 0. The van der Waals surface area contributed by atoms with Crippen molar-refractivity contribution in [3.05, 3.63) is 66.0 Å². The summed E-state index contributed by atoms with van der Waals surface area (Å²) in [6.45, 7) is 4.25. The van der Waals surface area contributed by atoms with E-state index in [0.29, 0.717) is 5.92 Å². The Morgan fingerprint density at radius 2 is 1.95 bits per heavy atom. The van der Waals surface area contributed by atoms with E-state index in [2.05, 4.69) is 59.7 Å². The number of aromatic nitrogens is 1. The largest absolute Gasteiger partial charge is 0.316 e. The molecule has 0 spiro atoms. The molecule has 1 saturated carbocycles. The molecule has 1 fully saturated rings. The minimum absolute atomic E-state index is 0.269. The fourth-order valence-electron chi connectivity index (χ4n) is 3.37. The second-order valence-electron chi connectivity index (χ2n) is 5.82. The second-order valence-corrected chi connectivity index (χ2v) is 5.82. The number of hydrogen-bond acceptors (Lipinski definition) is 2. The Balaban J connectivity index is 1.78. The average molecular weight is 266 g/mol. The smallest absolute Gasteiger partial charge is 0.0306 e. The van der Waals surface area contributed by atoms with Gasteiger partial charge in [-0.25, -0.2) is 0 Å². The molecule has 0 radical (unpaired) electrons. The summed E-state index contributed by atoms with van der Waals surface area (Å²) in [5.41, 5.74) is 3.13. The topological polar surface area (TPSA) is 24.9 Å². The first kappa shape index (κ1) is 13.3. The highest BCUT2D eigenvalue weighted by molar-refractivity contribution is 5.33. The van der Waals surface area contributed by atoms with Crippen LogP contribution in [0, 0.1) is 0 Å². The lowest BCUT2D eigenvalue weighted by molar-refractivity contribution is 0.194. The van der Waals surface area contributed by atoms with Crippen LogP contribution < -0.4 is 5.32 Å². The van der Waals surface area contributed by atoms with E-state index < -0.39 is 0 Å². The SMILES string of the molecule is CCNCC1(c2cccnc2)CC(c2ccccc2)C1. The molecule has 0 amide bonds. The minimum atomic E-state index is 0.269. The molecule has 1 N–H and O–H groups in total. The van der Waals surface area contributed by atoms with Crippen LogP contribution in [0.2, 0.25) is 0 Å². The Hall–Kier alpha value is -1.67. The molecule has 2 heteroatoms. The van der Waals surface area contributed by atoms with Gasteiger partial charge in [-0.1, -0.05) is 43.3 Å². The summed E-state index contributed by atoms with van der Waals surface area (Å²) in [7, 11) is 0. The lowest BCUT2D eigenvalue weighted by Crippen LogP contribution is -2.47. The van der Waals surface area contributed by atoms with Crippen molar-refractivity contribution in [2.45, 2.75) is 31.1 Å². The van der Waals surface area contributed by atoms with E-state index in [9.17, 15) is 0 Å². The molecule has 0 saturated heterocycles. The first-order valence-electron chi connectivity index (χ1n) is 7.50. The third-order valence-electron chi connectivity index (χ3n) is 4.53. The number of likely N-dealkylation sites (N-methyl/N-ethyl adjacent to an activating group) is 1. The quantitative estimate of drug-likeness (QED) is 0.896. The maximum Gasteiger partial charge on any atom is 0.0306 e. The average Bonchev–Trinajstić information content (AvgIpc) is 2.48. The van der Waals surface area contributed by atoms with Crippen LogP contribution >= 0.6 is 0 Å². The van der Waals surface area contributed by atoms with Crippen LogP contribution in [-0.2, 0) is 5.41 Å². The monoisotopic (exact) mass is 266 g/mol. The van der Waals surface area contributed by atoms with Gasteiger partial charge in [-0.15, -0.1) is 0 Å². The molecule has 1 heterocycles. The normalized spacial score (nSPS) is 25.1. The molecule has 3 rings (SSSR count). The highest BCUT2D eigenvalue weighted by Crippen LogP contribution is 2.52. The molecule has 1 aliphatic rings. The first-order valence-corrected chi connectivity index (χ1v) is 7.50.